The van der Waals surface area contributed by atoms with Crippen molar-refractivity contribution in [2.24, 2.45) is 5.92 Å². The van der Waals surface area contributed by atoms with Gasteiger partial charge in [-0.25, -0.2) is 0 Å². The maximum absolute atomic E-state index is 12.0. The first-order chi connectivity index (χ1) is 8.31. The molecule has 86 valence electrons. The van der Waals surface area contributed by atoms with Gasteiger partial charge in [-0.15, -0.1) is 6.58 Å². The molecule has 1 aromatic rings. The molecule has 0 spiro atoms. The third-order valence-electron chi connectivity index (χ3n) is 3.24. The summed E-state index contributed by atoms with van der Waals surface area (Å²) in [6.45, 7) is 3.76. The van der Waals surface area contributed by atoms with E-state index in [1.165, 1.54) is 0 Å². The summed E-state index contributed by atoms with van der Waals surface area (Å²) >= 11 is 0. The van der Waals surface area contributed by atoms with Gasteiger partial charge in [0.2, 0.25) is 12.1 Å². The topological polar surface area (TPSA) is 29.5 Å². The first-order valence-corrected chi connectivity index (χ1v) is 5.66. The predicted molar refractivity (Wildman–Crippen MR) is 63.5 cm³/mol. The summed E-state index contributed by atoms with van der Waals surface area (Å²) in [5, 5.41) is 0. The van der Waals surface area contributed by atoms with Crippen molar-refractivity contribution in [3.8, 4) is 0 Å². The molecule has 0 radical (unpaired) electrons. The number of hydrogen-bond donors (Lipinski definition) is 0. The summed E-state index contributed by atoms with van der Waals surface area (Å²) in [4.78, 5) is 13.7. The highest BCUT2D eigenvalue weighted by Gasteiger charge is 2.42. The SMILES string of the molecule is C=C[C@@H]1CC(=O)N2C1=CO[C@H]2c1ccccc1. The highest BCUT2D eigenvalue weighted by atomic mass is 16.5. The molecule has 2 aliphatic heterocycles. The number of hydrogen-bond acceptors (Lipinski definition) is 2. The molecule has 0 saturated carbocycles. The van der Waals surface area contributed by atoms with Gasteiger partial charge in [0.05, 0.1) is 5.70 Å². The minimum absolute atomic E-state index is 0.0937. The Morgan fingerprint density at radius 2 is 2.12 bits per heavy atom. The van der Waals surface area contributed by atoms with Gasteiger partial charge in [-0.2, -0.15) is 0 Å². The maximum atomic E-state index is 12.0. The van der Waals surface area contributed by atoms with Gasteiger partial charge < -0.3 is 4.74 Å². The van der Waals surface area contributed by atoms with Gasteiger partial charge in [0.25, 0.3) is 0 Å². The van der Waals surface area contributed by atoms with Crippen LogP contribution in [0.5, 0.6) is 0 Å². The molecule has 2 atom stereocenters. The van der Waals surface area contributed by atoms with Crippen molar-refractivity contribution in [3.05, 3.63) is 60.5 Å². The third-order valence-corrected chi connectivity index (χ3v) is 3.24. The summed E-state index contributed by atoms with van der Waals surface area (Å²) in [7, 11) is 0. The molecule has 1 fully saturated rings. The summed E-state index contributed by atoms with van der Waals surface area (Å²) < 4.78 is 5.60. The number of rotatable bonds is 2. The lowest BCUT2D eigenvalue weighted by Gasteiger charge is -2.21. The van der Waals surface area contributed by atoms with E-state index in [4.69, 9.17) is 4.74 Å². The number of ether oxygens (including phenoxy) is 1. The van der Waals surface area contributed by atoms with Crippen LogP contribution in [-0.4, -0.2) is 10.8 Å². The van der Waals surface area contributed by atoms with Crippen molar-refractivity contribution in [2.75, 3.05) is 0 Å². The molecule has 0 aromatic heterocycles. The predicted octanol–water partition coefficient (Wildman–Crippen LogP) is 2.59. The van der Waals surface area contributed by atoms with E-state index < -0.39 is 0 Å². The fourth-order valence-corrected chi connectivity index (χ4v) is 2.37. The summed E-state index contributed by atoms with van der Waals surface area (Å²) in [5.74, 6) is 0.198. The Balaban J connectivity index is 1.94. The van der Waals surface area contributed by atoms with Gasteiger partial charge in [0.1, 0.15) is 6.26 Å². The van der Waals surface area contributed by atoms with Crippen LogP contribution in [0.25, 0.3) is 0 Å². The number of allylic oxidation sites excluding steroid dienone is 1. The van der Waals surface area contributed by atoms with Crippen LogP contribution in [0.3, 0.4) is 0 Å². The van der Waals surface area contributed by atoms with E-state index in [2.05, 4.69) is 6.58 Å². The quantitative estimate of drug-likeness (QED) is 0.727. The van der Waals surface area contributed by atoms with E-state index >= 15 is 0 Å². The Kier molecular flexibility index (Phi) is 2.25. The normalized spacial score (nSPS) is 26.5. The van der Waals surface area contributed by atoms with Gasteiger partial charge >= 0.3 is 0 Å². The van der Waals surface area contributed by atoms with E-state index in [0.717, 1.165) is 11.3 Å². The van der Waals surface area contributed by atoms with Gasteiger partial charge in [-0.1, -0.05) is 36.4 Å². The third kappa shape index (κ3) is 1.46. The van der Waals surface area contributed by atoms with Crippen LogP contribution >= 0.6 is 0 Å². The fraction of sp³-hybridized carbons (Fsp3) is 0.214. The van der Waals surface area contributed by atoms with Crippen LogP contribution < -0.4 is 0 Å². The molecule has 0 unspecified atom stereocenters. The lowest BCUT2D eigenvalue weighted by molar-refractivity contribution is -0.132. The van der Waals surface area contributed by atoms with Gasteiger partial charge in [-0.3, -0.25) is 9.69 Å². The molecule has 2 heterocycles. The molecule has 0 aliphatic carbocycles. The lowest BCUT2D eigenvalue weighted by atomic mass is 10.1. The van der Waals surface area contributed by atoms with E-state index in [0.29, 0.717) is 6.42 Å². The number of benzene rings is 1. The second-order valence-electron chi connectivity index (χ2n) is 4.25. The Morgan fingerprint density at radius 1 is 1.35 bits per heavy atom. The smallest absolute Gasteiger partial charge is 0.231 e. The second-order valence-corrected chi connectivity index (χ2v) is 4.25. The zero-order valence-electron chi connectivity index (χ0n) is 9.37. The highest BCUT2D eigenvalue weighted by Crippen LogP contribution is 2.42. The van der Waals surface area contributed by atoms with Crippen molar-refractivity contribution >= 4 is 5.91 Å². The molecule has 1 saturated heterocycles. The van der Waals surface area contributed by atoms with Crippen molar-refractivity contribution < 1.29 is 9.53 Å². The Bertz CT molecular complexity index is 492. The standard InChI is InChI=1S/C14H13NO2/c1-2-10-8-13(16)15-12(10)9-17-14(15)11-6-4-3-5-7-11/h2-7,9-10,14H,1,8H2/t10-,14+/m1/s1. The van der Waals surface area contributed by atoms with E-state index in [1.807, 2.05) is 30.3 Å². The monoisotopic (exact) mass is 227 g/mol. The first kappa shape index (κ1) is 10.1. The zero-order chi connectivity index (χ0) is 11.8. The first-order valence-electron chi connectivity index (χ1n) is 5.66. The molecular weight excluding hydrogens is 214 g/mol. The van der Waals surface area contributed by atoms with Gasteiger partial charge in [-0.05, 0) is 0 Å². The van der Waals surface area contributed by atoms with Crippen molar-refractivity contribution in [1.29, 1.82) is 0 Å². The van der Waals surface area contributed by atoms with Crippen LogP contribution in [0.4, 0.5) is 0 Å². The summed E-state index contributed by atoms with van der Waals surface area (Å²) in [6, 6.07) is 9.78. The molecule has 2 aliphatic rings. The van der Waals surface area contributed by atoms with Crippen molar-refractivity contribution in [1.82, 2.24) is 4.90 Å². The van der Waals surface area contributed by atoms with Crippen molar-refractivity contribution in [2.45, 2.75) is 12.6 Å². The molecule has 1 aromatic carbocycles. The van der Waals surface area contributed by atoms with Crippen LogP contribution in [0, 0.1) is 5.92 Å². The number of fused-ring (bicyclic) bond motifs is 1. The minimum Gasteiger partial charge on any atom is -0.472 e. The summed E-state index contributed by atoms with van der Waals surface area (Å²) in [6.07, 6.45) is 3.70. The Labute approximate surface area is 100.0 Å². The molecule has 3 rings (SSSR count). The fourth-order valence-electron chi connectivity index (χ4n) is 2.37. The molecule has 0 N–H and O–H groups in total. The molecule has 3 nitrogen and oxygen atoms in total. The van der Waals surface area contributed by atoms with Crippen LogP contribution in [-0.2, 0) is 9.53 Å². The van der Waals surface area contributed by atoms with E-state index in [1.54, 1.807) is 17.2 Å². The highest BCUT2D eigenvalue weighted by molar-refractivity contribution is 5.83. The van der Waals surface area contributed by atoms with Crippen molar-refractivity contribution in [3.63, 3.8) is 0 Å². The number of carbonyl (C=O) groups excluding carboxylic acids is 1. The molecule has 3 heteroatoms. The van der Waals surface area contributed by atoms with Gasteiger partial charge in [0, 0.05) is 17.9 Å². The lowest BCUT2D eigenvalue weighted by Crippen LogP contribution is -2.25. The Morgan fingerprint density at radius 3 is 2.82 bits per heavy atom. The minimum atomic E-state index is -0.302. The van der Waals surface area contributed by atoms with Crippen LogP contribution in [0.1, 0.15) is 18.2 Å². The van der Waals surface area contributed by atoms with Gasteiger partial charge in [0.15, 0.2) is 0 Å². The van der Waals surface area contributed by atoms with E-state index in [-0.39, 0.29) is 18.1 Å². The van der Waals surface area contributed by atoms with Crippen LogP contribution in [0.15, 0.2) is 54.9 Å². The largest absolute Gasteiger partial charge is 0.472 e. The number of carbonyl (C=O) groups is 1. The maximum Gasteiger partial charge on any atom is 0.231 e. The summed E-state index contributed by atoms with van der Waals surface area (Å²) in [5.41, 5.74) is 1.93. The number of amides is 1. The van der Waals surface area contributed by atoms with Crippen LogP contribution in [0.2, 0.25) is 0 Å². The molecule has 1 amide bonds. The number of nitrogens with zero attached hydrogens (tertiary/aromatic N) is 1. The average Bonchev–Trinajstić information content (AvgIpc) is 2.92. The second kappa shape index (κ2) is 3.77. The zero-order valence-corrected chi connectivity index (χ0v) is 9.37. The molecular formula is C14H13NO2. The molecule has 0 bridgehead atoms. The van der Waals surface area contributed by atoms with E-state index in [9.17, 15) is 4.79 Å². The Hall–Kier alpha value is -2.03. The molecule has 17 heavy (non-hydrogen) atoms. The average molecular weight is 227 g/mol.